The molecule has 2 heterocycles. The Bertz CT molecular complexity index is 407. The van der Waals surface area contributed by atoms with Crippen LogP contribution >= 0.6 is 11.8 Å². The zero-order valence-electron chi connectivity index (χ0n) is 12.1. The maximum atomic E-state index is 6.44. The van der Waals surface area contributed by atoms with Crippen LogP contribution in [0.3, 0.4) is 0 Å². The maximum absolute atomic E-state index is 6.44. The minimum atomic E-state index is -0.120. The SMILES string of the molecule is CC1(C)C2CC3OB([C@@H]4CCCN4Cl)O[C@@]3(C)C1C2. The summed E-state index contributed by atoms with van der Waals surface area (Å²) in [5.41, 5.74) is 0.322. The van der Waals surface area contributed by atoms with Crippen molar-refractivity contribution in [1.82, 2.24) is 4.42 Å². The first kappa shape index (κ1) is 12.9. The smallest absolute Gasteiger partial charge is 0.404 e. The van der Waals surface area contributed by atoms with E-state index in [4.69, 9.17) is 21.1 Å². The summed E-state index contributed by atoms with van der Waals surface area (Å²) in [7, 11) is -0.120. The van der Waals surface area contributed by atoms with Crippen LogP contribution in [0.1, 0.15) is 46.5 Å². The molecule has 106 valence electrons. The summed E-state index contributed by atoms with van der Waals surface area (Å²) >= 11 is 6.28. The lowest BCUT2D eigenvalue weighted by atomic mass is 9.43. The average molecular weight is 284 g/mol. The molecule has 2 bridgehead atoms. The quantitative estimate of drug-likeness (QED) is 0.546. The largest absolute Gasteiger partial charge is 0.477 e. The molecule has 3 aliphatic carbocycles. The normalized spacial score (nSPS) is 52.1. The molecule has 0 aromatic carbocycles. The summed E-state index contributed by atoms with van der Waals surface area (Å²) in [5, 5.41) is 0. The summed E-state index contributed by atoms with van der Waals surface area (Å²) in [6.45, 7) is 8.02. The van der Waals surface area contributed by atoms with E-state index in [1.165, 1.54) is 6.42 Å². The molecule has 0 N–H and O–H groups in total. The van der Waals surface area contributed by atoms with Crippen molar-refractivity contribution in [2.24, 2.45) is 17.3 Å². The molecule has 19 heavy (non-hydrogen) atoms. The molecule has 2 aliphatic heterocycles. The van der Waals surface area contributed by atoms with Crippen molar-refractivity contribution < 1.29 is 9.31 Å². The lowest BCUT2D eigenvalue weighted by Gasteiger charge is -2.64. The fourth-order valence-electron chi connectivity index (χ4n) is 5.09. The molecule has 2 saturated heterocycles. The number of rotatable bonds is 1. The first-order valence-electron chi connectivity index (χ1n) is 7.68. The van der Waals surface area contributed by atoms with Gasteiger partial charge < -0.3 is 9.31 Å². The maximum Gasteiger partial charge on any atom is 0.477 e. The molecule has 5 rings (SSSR count). The van der Waals surface area contributed by atoms with Crippen molar-refractivity contribution in [2.75, 3.05) is 6.54 Å². The Morgan fingerprint density at radius 1 is 1.26 bits per heavy atom. The summed E-state index contributed by atoms with van der Waals surface area (Å²) in [5.74, 6) is 1.69. The highest BCUT2D eigenvalue weighted by molar-refractivity contribution is 6.48. The van der Waals surface area contributed by atoms with Crippen LogP contribution in [-0.2, 0) is 9.31 Å². The molecular weight excluding hydrogens is 260 g/mol. The summed E-state index contributed by atoms with van der Waals surface area (Å²) in [6, 6.07) is 0. The Labute approximate surface area is 121 Å². The molecular formula is C14H23BClNO2. The molecule has 5 heteroatoms. The first-order valence-corrected chi connectivity index (χ1v) is 8.02. The van der Waals surface area contributed by atoms with Crippen LogP contribution in [0.2, 0.25) is 0 Å². The molecule has 0 spiro atoms. The van der Waals surface area contributed by atoms with Gasteiger partial charge in [0.25, 0.3) is 0 Å². The third-order valence-corrected chi connectivity index (χ3v) is 6.93. The highest BCUT2D eigenvalue weighted by Crippen LogP contribution is 2.65. The summed E-state index contributed by atoms with van der Waals surface area (Å²) < 4.78 is 14.6. The Morgan fingerprint density at radius 2 is 2.05 bits per heavy atom. The third-order valence-electron chi connectivity index (χ3n) is 6.51. The molecule has 5 aliphatic rings. The van der Waals surface area contributed by atoms with Crippen LogP contribution < -0.4 is 0 Å². The van der Waals surface area contributed by atoms with Gasteiger partial charge in [0.15, 0.2) is 0 Å². The summed E-state index contributed by atoms with van der Waals surface area (Å²) in [4.78, 5) is 0. The van der Waals surface area contributed by atoms with E-state index in [1.54, 1.807) is 0 Å². The third kappa shape index (κ3) is 1.58. The molecule has 5 atom stereocenters. The predicted molar refractivity (Wildman–Crippen MR) is 75.7 cm³/mol. The number of nitrogens with zero attached hydrogens (tertiary/aromatic N) is 1. The lowest BCUT2D eigenvalue weighted by Crippen LogP contribution is -2.65. The predicted octanol–water partition coefficient (Wildman–Crippen LogP) is 2.87. The van der Waals surface area contributed by atoms with Gasteiger partial charge in [0, 0.05) is 6.54 Å². The molecule has 3 unspecified atom stereocenters. The van der Waals surface area contributed by atoms with E-state index in [1.807, 2.05) is 4.42 Å². The molecule has 3 nitrogen and oxygen atoms in total. The molecule has 0 radical (unpaired) electrons. The molecule has 0 aromatic rings. The van der Waals surface area contributed by atoms with Gasteiger partial charge in [0.05, 0.1) is 17.6 Å². The van der Waals surface area contributed by atoms with Crippen LogP contribution in [-0.4, -0.2) is 35.7 Å². The van der Waals surface area contributed by atoms with Gasteiger partial charge in [-0.15, -0.1) is 0 Å². The average Bonchev–Trinajstić information content (AvgIpc) is 2.90. The van der Waals surface area contributed by atoms with E-state index in [2.05, 4.69) is 20.8 Å². The van der Waals surface area contributed by atoms with Crippen molar-refractivity contribution >= 4 is 18.9 Å². The number of hydrogen-bond acceptors (Lipinski definition) is 3. The van der Waals surface area contributed by atoms with Crippen LogP contribution in [0.5, 0.6) is 0 Å². The van der Waals surface area contributed by atoms with Crippen LogP contribution in [0, 0.1) is 17.3 Å². The van der Waals surface area contributed by atoms with Crippen LogP contribution in [0.4, 0.5) is 0 Å². The fourth-order valence-corrected chi connectivity index (χ4v) is 5.40. The second-order valence-electron chi connectivity index (χ2n) is 7.67. The molecule has 5 fully saturated rings. The Hall–Kier alpha value is 0.235. The minimum Gasteiger partial charge on any atom is -0.404 e. The van der Waals surface area contributed by atoms with Gasteiger partial charge in [-0.05, 0) is 61.6 Å². The van der Waals surface area contributed by atoms with E-state index >= 15 is 0 Å². The van der Waals surface area contributed by atoms with E-state index in [0.29, 0.717) is 11.3 Å². The van der Waals surface area contributed by atoms with E-state index in [0.717, 1.165) is 31.7 Å². The van der Waals surface area contributed by atoms with Crippen LogP contribution in [0.15, 0.2) is 0 Å². The minimum absolute atomic E-state index is 0.0940. The lowest BCUT2D eigenvalue weighted by molar-refractivity contribution is -0.199. The van der Waals surface area contributed by atoms with E-state index in [9.17, 15) is 0 Å². The first-order chi connectivity index (χ1) is 8.93. The highest BCUT2D eigenvalue weighted by atomic mass is 35.5. The van der Waals surface area contributed by atoms with Crippen molar-refractivity contribution in [3.8, 4) is 0 Å². The van der Waals surface area contributed by atoms with Crippen molar-refractivity contribution in [3.05, 3.63) is 0 Å². The molecule has 0 amide bonds. The second-order valence-corrected chi connectivity index (χ2v) is 8.10. The van der Waals surface area contributed by atoms with Gasteiger partial charge >= 0.3 is 7.12 Å². The molecule has 3 saturated carbocycles. The van der Waals surface area contributed by atoms with Gasteiger partial charge in [0.1, 0.15) is 0 Å². The zero-order valence-corrected chi connectivity index (χ0v) is 12.8. The summed E-state index contributed by atoms with van der Waals surface area (Å²) in [6.07, 6.45) is 4.99. The zero-order chi connectivity index (χ0) is 13.4. The van der Waals surface area contributed by atoms with E-state index in [-0.39, 0.29) is 24.8 Å². The fraction of sp³-hybridized carbons (Fsp3) is 1.00. The van der Waals surface area contributed by atoms with Crippen molar-refractivity contribution in [1.29, 1.82) is 0 Å². The van der Waals surface area contributed by atoms with Gasteiger partial charge in [-0.1, -0.05) is 13.8 Å². The highest BCUT2D eigenvalue weighted by Gasteiger charge is 2.68. The van der Waals surface area contributed by atoms with Gasteiger partial charge in [-0.2, -0.15) is 0 Å². The Morgan fingerprint density at radius 3 is 2.68 bits per heavy atom. The number of halogens is 1. The monoisotopic (exact) mass is 283 g/mol. The molecule has 0 aromatic heterocycles. The van der Waals surface area contributed by atoms with Crippen molar-refractivity contribution in [2.45, 2.75) is 64.1 Å². The van der Waals surface area contributed by atoms with Gasteiger partial charge in [0.2, 0.25) is 0 Å². The van der Waals surface area contributed by atoms with E-state index < -0.39 is 0 Å². The topological polar surface area (TPSA) is 21.7 Å². The van der Waals surface area contributed by atoms with Crippen LogP contribution in [0.25, 0.3) is 0 Å². The Balaban J connectivity index is 1.57. The second kappa shape index (κ2) is 3.91. The van der Waals surface area contributed by atoms with Gasteiger partial charge in [-0.25, -0.2) is 4.42 Å². The van der Waals surface area contributed by atoms with Crippen molar-refractivity contribution in [3.63, 3.8) is 0 Å². The number of hydrogen-bond donors (Lipinski definition) is 0. The Kier molecular flexibility index (Phi) is 2.66. The van der Waals surface area contributed by atoms with Gasteiger partial charge in [-0.3, -0.25) is 0 Å². The standard InChI is InChI=1S/C14H23BClNO2/c1-13(2)9-7-10(13)14(3)11(8-9)18-15(19-14)12-5-4-6-17(12)16/h9-12H,4-8H2,1-3H3/t9?,10?,11?,12-,14-/m0/s1.